The molecule has 0 heterocycles. The summed E-state index contributed by atoms with van der Waals surface area (Å²) in [6.45, 7) is 4.13. The van der Waals surface area contributed by atoms with Crippen molar-refractivity contribution in [2.75, 3.05) is 0 Å². The molecule has 0 fully saturated rings. The van der Waals surface area contributed by atoms with Gasteiger partial charge in [-0.2, -0.15) is 5.10 Å². The van der Waals surface area contributed by atoms with Gasteiger partial charge in [-0.25, -0.2) is 5.43 Å². The Bertz CT molecular complexity index is 1150. The zero-order valence-corrected chi connectivity index (χ0v) is 21.1. The van der Waals surface area contributed by atoms with Crippen molar-refractivity contribution in [3.8, 4) is 5.75 Å². The van der Waals surface area contributed by atoms with Crippen LogP contribution in [0.15, 0.2) is 82.4 Å². The first-order chi connectivity index (χ1) is 16.3. The lowest BCUT2D eigenvalue weighted by molar-refractivity contribution is -0.123. The zero-order valence-electron chi connectivity index (χ0n) is 18.8. The van der Waals surface area contributed by atoms with E-state index in [1.165, 1.54) is 6.21 Å². The number of hydrogen-bond acceptors (Lipinski definition) is 4. The fraction of sp³-hybridized carbons (Fsp3) is 0.192. The molecule has 0 aromatic heterocycles. The summed E-state index contributed by atoms with van der Waals surface area (Å²) >= 11 is 9.41. The number of rotatable bonds is 9. The second-order valence-corrected chi connectivity index (χ2v) is 9.19. The molecule has 0 aliphatic heterocycles. The highest BCUT2D eigenvalue weighted by Crippen LogP contribution is 2.26. The maximum atomic E-state index is 12.6. The van der Waals surface area contributed by atoms with E-state index in [1.807, 2.05) is 62.4 Å². The third-order valence-corrected chi connectivity index (χ3v) is 5.80. The van der Waals surface area contributed by atoms with Crippen LogP contribution in [-0.2, 0) is 11.4 Å². The van der Waals surface area contributed by atoms with E-state index in [0.29, 0.717) is 22.9 Å². The highest BCUT2D eigenvalue weighted by Gasteiger charge is 2.24. The first kappa shape index (κ1) is 25.5. The van der Waals surface area contributed by atoms with Gasteiger partial charge in [-0.3, -0.25) is 9.59 Å². The minimum Gasteiger partial charge on any atom is -0.488 e. The number of carbonyl (C=O) groups is 2. The standard InChI is InChI=1S/C26H25BrClN3O3/c1-17(2)24(30-25(32)20-6-4-3-5-7-20)26(33)31-29-15-19-10-13-23(22(27)14-19)34-16-18-8-11-21(28)12-9-18/h3-15,17,24H,16H2,1-2H3,(H,30,32)(H,31,33)/b29-15+. The Labute approximate surface area is 212 Å². The molecule has 8 heteroatoms. The molecule has 0 saturated heterocycles. The molecular weight excluding hydrogens is 518 g/mol. The van der Waals surface area contributed by atoms with Crippen LogP contribution in [0.2, 0.25) is 5.02 Å². The molecule has 2 N–H and O–H groups in total. The van der Waals surface area contributed by atoms with Crippen LogP contribution >= 0.6 is 27.5 Å². The van der Waals surface area contributed by atoms with Crippen molar-refractivity contribution in [2.45, 2.75) is 26.5 Å². The molecule has 0 radical (unpaired) electrons. The second-order valence-electron chi connectivity index (χ2n) is 7.90. The van der Waals surface area contributed by atoms with Gasteiger partial charge in [-0.05, 0) is 75.4 Å². The number of benzene rings is 3. The average molecular weight is 543 g/mol. The lowest BCUT2D eigenvalue weighted by Crippen LogP contribution is -2.48. The Morgan fingerprint density at radius 2 is 1.76 bits per heavy atom. The van der Waals surface area contributed by atoms with Crippen LogP contribution in [0, 0.1) is 5.92 Å². The van der Waals surface area contributed by atoms with Crippen molar-refractivity contribution in [1.82, 2.24) is 10.7 Å². The Hall–Kier alpha value is -3.16. The van der Waals surface area contributed by atoms with Crippen molar-refractivity contribution in [3.63, 3.8) is 0 Å². The van der Waals surface area contributed by atoms with Gasteiger partial charge in [0.2, 0.25) is 0 Å². The summed E-state index contributed by atoms with van der Waals surface area (Å²) in [5.41, 5.74) is 4.77. The monoisotopic (exact) mass is 541 g/mol. The van der Waals surface area contributed by atoms with Crippen LogP contribution < -0.4 is 15.5 Å². The van der Waals surface area contributed by atoms with Gasteiger partial charge in [0.1, 0.15) is 18.4 Å². The summed E-state index contributed by atoms with van der Waals surface area (Å²) in [5, 5.41) is 7.50. The van der Waals surface area contributed by atoms with Gasteiger partial charge >= 0.3 is 0 Å². The van der Waals surface area contributed by atoms with Gasteiger partial charge in [0, 0.05) is 10.6 Å². The first-order valence-corrected chi connectivity index (χ1v) is 11.9. The number of nitrogens with one attached hydrogen (secondary N) is 2. The van der Waals surface area contributed by atoms with Crippen LogP contribution in [0.25, 0.3) is 0 Å². The normalized spacial score (nSPS) is 11.9. The molecule has 2 amide bonds. The van der Waals surface area contributed by atoms with E-state index in [1.54, 1.807) is 24.3 Å². The van der Waals surface area contributed by atoms with Crippen molar-refractivity contribution in [1.29, 1.82) is 0 Å². The van der Waals surface area contributed by atoms with Crippen molar-refractivity contribution in [3.05, 3.63) is 99.0 Å². The molecule has 1 atom stereocenters. The maximum absolute atomic E-state index is 12.6. The number of hydrogen-bond donors (Lipinski definition) is 2. The van der Waals surface area contributed by atoms with Gasteiger partial charge in [-0.1, -0.05) is 55.8 Å². The van der Waals surface area contributed by atoms with Gasteiger partial charge in [0.15, 0.2) is 0 Å². The molecule has 1 unspecified atom stereocenters. The lowest BCUT2D eigenvalue weighted by atomic mass is 10.0. The number of halogens is 2. The highest BCUT2D eigenvalue weighted by molar-refractivity contribution is 9.10. The lowest BCUT2D eigenvalue weighted by Gasteiger charge is -2.20. The van der Waals surface area contributed by atoms with Gasteiger partial charge in [0.25, 0.3) is 11.8 Å². The largest absolute Gasteiger partial charge is 0.488 e. The Morgan fingerprint density at radius 3 is 2.41 bits per heavy atom. The minimum atomic E-state index is -0.722. The summed E-state index contributed by atoms with van der Waals surface area (Å²) in [7, 11) is 0. The fourth-order valence-electron chi connectivity index (χ4n) is 3.05. The van der Waals surface area contributed by atoms with E-state index in [4.69, 9.17) is 16.3 Å². The Balaban J connectivity index is 1.56. The third kappa shape index (κ3) is 7.43. The van der Waals surface area contributed by atoms with E-state index in [0.717, 1.165) is 15.6 Å². The van der Waals surface area contributed by atoms with Crippen molar-refractivity contribution < 1.29 is 14.3 Å². The second kappa shape index (κ2) is 12.3. The number of hydrazone groups is 1. The summed E-state index contributed by atoms with van der Waals surface area (Å²) in [4.78, 5) is 25.1. The molecular formula is C26H25BrClN3O3. The van der Waals surface area contributed by atoms with Crippen LogP contribution in [0.3, 0.4) is 0 Å². The Morgan fingerprint density at radius 1 is 1.06 bits per heavy atom. The zero-order chi connectivity index (χ0) is 24.5. The molecule has 0 aliphatic rings. The minimum absolute atomic E-state index is 0.117. The summed E-state index contributed by atoms with van der Waals surface area (Å²) in [5.74, 6) is -0.136. The summed E-state index contributed by atoms with van der Waals surface area (Å²) in [6.07, 6.45) is 1.53. The predicted molar refractivity (Wildman–Crippen MR) is 138 cm³/mol. The molecule has 176 valence electrons. The van der Waals surface area contributed by atoms with Gasteiger partial charge < -0.3 is 10.1 Å². The molecule has 0 aliphatic carbocycles. The number of nitrogens with zero attached hydrogens (tertiary/aromatic N) is 1. The molecule has 34 heavy (non-hydrogen) atoms. The average Bonchev–Trinajstić information content (AvgIpc) is 2.83. The van der Waals surface area contributed by atoms with E-state index in [-0.39, 0.29) is 11.8 Å². The van der Waals surface area contributed by atoms with E-state index < -0.39 is 11.9 Å². The fourth-order valence-corrected chi connectivity index (χ4v) is 3.68. The molecule has 0 saturated carbocycles. The molecule has 0 bridgehead atoms. The molecule has 3 aromatic rings. The third-order valence-electron chi connectivity index (χ3n) is 4.92. The highest BCUT2D eigenvalue weighted by atomic mass is 79.9. The topological polar surface area (TPSA) is 79.8 Å². The van der Waals surface area contributed by atoms with Crippen LogP contribution in [-0.4, -0.2) is 24.1 Å². The number of ether oxygens (including phenoxy) is 1. The molecule has 0 spiro atoms. The van der Waals surface area contributed by atoms with Crippen molar-refractivity contribution >= 4 is 45.6 Å². The van der Waals surface area contributed by atoms with Gasteiger partial charge in [-0.15, -0.1) is 0 Å². The first-order valence-electron chi connectivity index (χ1n) is 10.7. The number of amides is 2. The van der Waals surface area contributed by atoms with E-state index in [2.05, 4.69) is 31.8 Å². The van der Waals surface area contributed by atoms with Crippen LogP contribution in [0.1, 0.15) is 35.3 Å². The van der Waals surface area contributed by atoms with Crippen molar-refractivity contribution in [2.24, 2.45) is 11.0 Å². The number of carbonyl (C=O) groups excluding carboxylic acids is 2. The Kier molecular flexibility index (Phi) is 9.24. The molecule has 3 aromatic carbocycles. The summed E-state index contributed by atoms with van der Waals surface area (Å²) < 4.78 is 6.60. The van der Waals surface area contributed by atoms with E-state index >= 15 is 0 Å². The molecule has 6 nitrogen and oxygen atoms in total. The quantitative estimate of drug-likeness (QED) is 0.273. The van der Waals surface area contributed by atoms with E-state index in [9.17, 15) is 9.59 Å². The smallest absolute Gasteiger partial charge is 0.262 e. The maximum Gasteiger partial charge on any atom is 0.262 e. The SMILES string of the molecule is CC(C)C(NC(=O)c1ccccc1)C(=O)N/N=C/c1ccc(OCc2ccc(Cl)cc2)c(Br)c1. The predicted octanol–water partition coefficient (Wildman–Crippen LogP) is 5.59. The van der Waals surface area contributed by atoms with Crippen LogP contribution in [0.5, 0.6) is 5.75 Å². The molecule has 3 rings (SSSR count). The van der Waals surface area contributed by atoms with Gasteiger partial charge in [0.05, 0.1) is 10.7 Å². The van der Waals surface area contributed by atoms with Crippen LogP contribution in [0.4, 0.5) is 0 Å². The summed E-state index contributed by atoms with van der Waals surface area (Å²) in [6, 6.07) is 21.0.